The van der Waals surface area contributed by atoms with Crippen LogP contribution in [0.2, 0.25) is 0 Å². The van der Waals surface area contributed by atoms with Crippen LogP contribution in [-0.4, -0.2) is 5.91 Å². The molecule has 0 atom stereocenters. The fraction of sp³-hybridized carbons (Fsp3) is 0. The third-order valence-electron chi connectivity index (χ3n) is 1.70. The van der Waals surface area contributed by atoms with Gasteiger partial charge in [0.1, 0.15) is 5.36 Å². The van der Waals surface area contributed by atoms with Crippen LogP contribution in [0.4, 0.5) is 10.1 Å². The standard InChI is InChI=1S/C8H5FN2O/c9-6-4-2-1-3-5(10)7(4)11-8(6)12/h1-3H,10H2. The van der Waals surface area contributed by atoms with Crippen LogP contribution in [0.25, 0.3) is 5.83 Å². The van der Waals surface area contributed by atoms with Gasteiger partial charge < -0.3 is 5.73 Å². The van der Waals surface area contributed by atoms with Crippen molar-refractivity contribution in [2.75, 3.05) is 5.73 Å². The van der Waals surface area contributed by atoms with E-state index in [1.807, 2.05) is 0 Å². The van der Waals surface area contributed by atoms with Crippen molar-refractivity contribution in [2.24, 2.45) is 4.99 Å². The summed E-state index contributed by atoms with van der Waals surface area (Å²) in [6.07, 6.45) is 0. The van der Waals surface area contributed by atoms with Gasteiger partial charge in [-0.3, -0.25) is 4.79 Å². The number of fused-ring (bicyclic) bond motifs is 1. The maximum atomic E-state index is 12.9. The molecule has 12 heavy (non-hydrogen) atoms. The van der Waals surface area contributed by atoms with Crippen LogP contribution in [0, 0.1) is 0 Å². The Hall–Kier alpha value is -1.71. The molecule has 1 aromatic carbocycles. The van der Waals surface area contributed by atoms with Crippen molar-refractivity contribution in [1.82, 2.24) is 0 Å². The molecular formula is C8H5FN2O. The molecule has 2 rings (SSSR count). The largest absolute Gasteiger partial charge is 0.397 e. The fourth-order valence-corrected chi connectivity index (χ4v) is 1.13. The molecule has 0 saturated carbocycles. The third-order valence-corrected chi connectivity index (χ3v) is 1.70. The maximum Gasteiger partial charge on any atom is 0.307 e. The lowest BCUT2D eigenvalue weighted by Gasteiger charge is -1.88. The molecule has 0 bridgehead atoms. The van der Waals surface area contributed by atoms with Crippen molar-refractivity contribution < 1.29 is 9.18 Å². The number of halogens is 1. The molecule has 0 spiro atoms. The number of carbonyl (C=O) groups is 1. The predicted octanol–water partition coefficient (Wildman–Crippen LogP) is -0.494. The zero-order chi connectivity index (χ0) is 8.72. The van der Waals surface area contributed by atoms with E-state index in [2.05, 4.69) is 4.99 Å². The van der Waals surface area contributed by atoms with Crippen molar-refractivity contribution >= 4 is 17.4 Å². The van der Waals surface area contributed by atoms with E-state index in [0.29, 0.717) is 5.69 Å². The monoisotopic (exact) mass is 164 g/mol. The summed E-state index contributed by atoms with van der Waals surface area (Å²) in [5.41, 5.74) is 5.80. The molecule has 1 aliphatic rings. The highest BCUT2D eigenvalue weighted by Gasteiger charge is 2.16. The minimum absolute atomic E-state index is 0.194. The van der Waals surface area contributed by atoms with Crippen LogP contribution in [-0.2, 0) is 4.79 Å². The number of amides is 1. The number of benzene rings is 1. The normalized spacial score (nSPS) is 14.4. The van der Waals surface area contributed by atoms with E-state index in [4.69, 9.17) is 5.73 Å². The molecule has 1 heterocycles. The van der Waals surface area contributed by atoms with Crippen LogP contribution in [0.5, 0.6) is 0 Å². The van der Waals surface area contributed by atoms with E-state index >= 15 is 0 Å². The fourth-order valence-electron chi connectivity index (χ4n) is 1.13. The molecule has 0 saturated heterocycles. The SMILES string of the molecule is Nc1cccc2c1=NC(=O)C=2F. The number of nitrogens with two attached hydrogens (primary N) is 1. The van der Waals surface area contributed by atoms with Crippen molar-refractivity contribution in [3.8, 4) is 0 Å². The highest BCUT2D eigenvalue weighted by molar-refractivity contribution is 6.12. The van der Waals surface area contributed by atoms with E-state index in [1.165, 1.54) is 6.07 Å². The molecule has 1 aromatic rings. The first-order chi connectivity index (χ1) is 5.70. The summed E-state index contributed by atoms with van der Waals surface area (Å²) in [5, 5.41) is 0.444. The number of hydrogen-bond donors (Lipinski definition) is 1. The van der Waals surface area contributed by atoms with Crippen LogP contribution in [0.15, 0.2) is 23.2 Å². The second-order valence-corrected chi connectivity index (χ2v) is 2.47. The minimum atomic E-state index is -0.845. The molecule has 1 amide bonds. The van der Waals surface area contributed by atoms with Crippen molar-refractivity contribution in [3.05, 3.63) is 28.8 Å². The lowest BCUT2D eigenvalue weighted by atomic mass is 10.2. The Labute approximate surface area is 67.0 Å². The van der Waals surface area contributed by atoms with E-state index in [-0.39, 0.29) is 10.6 Å². The van der Waals surface area contributed by atoms with Gasteiger partial charge in [0.2, 0.25) is 0 Å². The second-order valence-electron chi connectivity index (χ2n) is 2.47. The van der Waals surface area contributed by atoms with E-state index in [1.54, 1.807) is 12.1 Å². The third kappa shape index (κ3) is 0.747. The minimum Gasteiger partial charge on any atom is -0.397 e. The van der Waals surface area contributed by atoms with Gasteiger partial charge in [-0.1, -0.05) is 6.07 Å². The highest BCUT2D eigenvalue weighted by atomic mass is 19.1. The van der Waals surface area contributed by atoms with Gasteiger partial charge in [0, 0.05) is 5.22 Å². The smallest absolute Gasteiger partial charge is 0.307 e. The van der Waals surface area contributed by atoms with Gasteiger partial charge in [-0.25, -0.2) is 9.38 Å². The molecule has 0 aromatic heterocycles. The van der Waals surface area contributed by atoms with E-state index in [0.717, 1.165) is 0 Å². The van der Waals surface area contributed by atoms with Gasteiger partial charge in [0.25, 0.3) is 0 Å². The summed E-state index contributed by atoms with van der Waals surface area (Å²) in [6.45, 7) is 0. The summed E-state index contributed by atoms with van der Waals surface area (Å²) < 4.78 is 12.9. The summed E-state index contributed by atoms with van der Waals surface area (Å²) >= 11 is 0. The summed E-state index contributed by atoms with van der Waals surface area (Å²) in [5.74, 6) is -1.67. The molecule has 0 radical (unpaired) electrons. The van der Waals surface area contributed by atoms with E-state index in [9.17, 15) is 9.18 Å². The summed E-state index contributed by atoms with van der Waals surface area (Å²) in [7, 11) is 0. The van der Waals surface area contributed by atoms with Crippen molar-refractivity contribution in [1.29, 1.82) is 0 Å². The predicted molar refractivity (Wildman–Crippen MR) is 41.2 cm³/mol. The Morgan fingerprint density at radius 2 is 2.17 bits per heavy atom. The molecule has 0 aliphatic carbocycles. The van der Waals surface area contributed by atoms with Gasteiger partial charge in [0.15, 0.2) is 5.83 Å². The molecule has 3 nitrogen and oxygen atoms in total. The topological polar surface area (TPSA) is 55.4 Å². The first-order valence-corrected chi connectivity index (χ1v) is 3.37. The number of nitrogen functional groups attached to an aromatic ring is 1. The summed E-state index contributed by atoms with van der Waals surface area (Å²) in [4.78, 5) is 14.2. The van der Waals surface area contributed by atoms with Gasteiger partial charge >= 0.3 is 5.91 Å². The number of para-hydroxylation sites is 1. The molecule has 0 fully saturated rings. The lowest BCUT2D eigenvalue weighted by Crippen LogP contribution is -2.25. The van der Waals surface area contributed by atoms with Crippen molar-refractivity contribution in [2.45, 2.75) is 0 Å². The first-order valence-electron chi connectivity index (χ1n) is 3.37. The van der Waals surface area contributed by atoms with Gasteiger partial charge in [-0.2, -0.15) is 0 Å². The first kappa shape index (κ1) is 6.97. The Morgan fingerprint density at radius 1 is 1.42 bits per heavy atom. The summed E-state index contributed by atoms with van der Waals surface area (Å²) in [6, 6.07) is 4.64. The average Bonchev–Trinajstić information content (AvgIpc) is 2.32. The highest BCUT2D eigenvalue weighted by Crippen LogP contribution is 2.02. The van der Waals surface area contributed by atoms with Crippen molar-refractivity contribution in [3.63, 3.8) is 0 Å². The quantitative estimate of drug-likeness (QED) is 0.526. The molecular weight excluding hydrogens is 159 g/mol. The Bertz CT molecular complexity index is 478. The zero-order valence-corrected chi connectivity index (χ0v) is 6.04. The maximum absolute atomic E-state index is 12.9. The number of rotatable bonds is 0. The molecule has 1 aliphatic heterocycles. The van der Waals surface area contributed by atoms with Crippen LogP contribution < -0.4 is 16.3 Å². The van der Waals surface area contributed by atoms with Crippen LogP contribution in [0.1, 0.15) is 0 Å². The Balaban J connectivity index is 3.02. The van der Waals surface area contributed by atoms with E-state index < -0.39 is 11.7 Å². The van der Waals surface area contributed by atoms with Gasteiger partial charge in [-0.05, 0) is 12.1 Å². The average molecular weight is 164 g/mol. The Kier molecular flexibility index (Phi) is 1.24. The molecule has 2 N–H and O–H groups in total. The number of anilines is 1. The van der Waals surface area contributed by atoms with Gasteiger partial charge in [-0.15, -0.1) is 0 Å². The zero-order valence-electron chi connectivity index (χ0n) is 6.04. The second kappa shape index (κ2) is 2.14. The lowest BCUT2D eigenvalue weighted by molar-refractivity contribution is -0.113. The number of nitrogens with zero attached hydrogens (tertiary/aromatic N) is 1. The Morgan fingerprint density at radius 3 is 2.83 bits per heavy atom. The number of hydrogen-bond acceptors (Lipinski definition) is 2. The van der Waals surface area contributed by atoms with Crippen LogP contribution >= 0.6 is 0 Å². The van der Waals surface area contributed by atoms with Crippen LogP contribution in [0.3, 0.4) is 0 Å². The van der Waals surface area contributed by atoms with Gasteiger partial charge in [0.05, 0.1) is 5.69 Å². The number of carbonyl (C=O) groups excluding carboxylic acids is 1. The molecule has 60 valence electrons. The molecule has 4 heteroatoms. The molecule has 0 unspecified atom stereocenters.